The summed E-state index contributed by atoms with van der Waals surface area (Å²) < 4.78 is 20.9. The van der Waals surface area contributed by atoms with Crippen LogP contribution in [-0.4, -0.2) is 43.3 Å². The highest BCUT2D eigenvalue weighted by molar-refractivity contribution is 6.75. The number of rotatable bonds is 11. The largest absolute Gasteiger partial charge is 0.414 e. The summed E-state index contributed by atoms with van der Waals surface area (Å²) in [6.45, 7) is 47.3. The SMILES string of the molecule is C=C1[C@H](O[Si](C)(C)C(C)(C)C)CC(=C/C=C2/CCC[C@]3(C)C([C@@H](C)/C=C/C[C@@H](C)O[Si](C)(C)C(C)(C)C)CC[C@@H]23)C[C@H]1O[Si](C)(C)C(C)(C)C. The predicted molar refractivity (Wildman–Crippen MR) is 228 cm³/mol. The second-order valence-electron chi connectivity index (χ2n) is 21.6. The minimum absolute atomic E-state index is 0.0270. The molecular weight excluding hydrogens is 661 g/mol. The minimum Gasteiger partial charge on any atom is -0.414 e. The molecule has 0 aromatic heterocycles. The Kier molecular flexibility index (Phi) is 13.8. The van der Waals surface area contributed by atoms with E-state index in [-0.39, 0.29) is 33.4 Å². The molecule has 0 radical (unpaired) electrons. The highest BCUT2D eigenvalue weighted by atomic mass is 28.4. The predicted octanol–water partition coefficient (Wildman–Crippen LogP) is 14.2. The normalized spacial score (nSPS) is 29.8. The van der Waals surface area contributed by atoms with E-state index in [1.807, 2.05) is 0 Å². The van der Waals surface area contributed by atoms with Crippen molar-refractivity contribution in [1.82, 2.24) is 0 Å². The fourth-order valence-corrected chi connectivity index (χ4v) is 12.2. The topological polar surface area (TPSA) is 27.7 Å². The Morgan fingerprint density at radius 2 is 1.28 bits per heavy atom. The fraction of sp³-hybridized carbons (Fsp3) is 0.818. The monoisotopic (exact) mass is 743 g/mol. The van der Waals surface area contributed by atoms with E-state index in [1.54, 1.807) is 5.57 Å². The Labute approximate surface area is 315 Å². The van der Waals surface area contributed by atoms with Gasteiger partial charge in [-0.1, -0.05) is 118 Å². The summed E-state index contributed by atoms with van der Waals surface area (Å²) in [5.41, 5.74) is 4.70. The number of hydrogen-bond donors (Lipinski definition) is 0. The van der Waals surface area contributed by atoms with Crippen LogP contribution < -0.4 is 0 Å². The molecule has 50 heavy (non-hydrogen) atoms. The van der Waals surface area contributed by atoms with Crippen molar-refractivity contribution in [3.63, 3.8) is 0 Å². The average Bonchev–Trinajstić information content (AvgIpc) is 3.29. The van der Waals surface area contributed by atoms with E-state index in [0.717, 1.165) is 30.8 Å². The Bertz CT molecular complexity index is 1230. The zero-order valence-corrected chi connectivity index (χ0v) is 39.4. The van der Waals surface area contributed by atoms with Gasteiger partial charge in [0.05, 0.1) is 12.2 Å². The van der Waals surface area contributed by atoms with Gasteiger partial charge >= 0.3 is 0 Å². The summed E-state index contributed by atoms with van der Waals surface area (Å²) in [6, 6.07) is 0. The van der Waals surface area contributed by atoms with Gasteiger partial charge in [-0.25, -0.2) is 0 Å². The van der Waals surface area contributed by atoms with Crippen LogP contribution in [0.4, 0.5) is 0 Å². The van der Waals surface area contributed by atoms with E-state index in [0.29, 0.717) is 17.3 Å². The first kappa shape index (κ1) is 43.9. The number of fused-ring (bicyclic) bond motifs is 1. The molecule has 1 unspecified atom stereocenters. The second kappa shape index (κ2) is 15.7. The van der Waals surface area contributed by atoms with Crippen LogP contribution in [0.1, 0.15) is 134 Å². The van der Waals surface area contributed by atoms with Crippen LogP contribution >= 0.6 is 0 Å². The number of allylic oxidation sites excluding steroid dienone is 4. The lowest BCUT2D eigenvalue weighted by molar-refractivity contribution is 0.112. The van der Waals surface area contributed by atoms with E-state index in [2.05, 4.69) is 153 Å². The molecule has 0 N–H and O–H groups in total. The van der Waals surface area contributed by atoms with Gasteiger partial charge in [-0.15, -0.1) is 0 Å². The maximum atomic E-state index is 7.12. The summed E-state index contributed by atoms with van der Waals surface area (Å²) in [4.78, 5) is 0. The van der Waals surface area contributed by atoms with Crippen molar-refractivity contribution in [3.05, 3.63) is 47.6 Å². The van der Waals surface area contributed by atoms with Crippen LogP contribution in [0.25, 0.3) is 0 Å². The molecule has 3 saturated carbocycles. The Morgan fingerprint density at radius 3 is 1.76 bits per heavy atom. The van der Waals surface area contributed by atoms with Crippen LogP contribution in [0.15, 0.2) is 47.6 Å². The Balaban J connectivity index is 1.81. The van der Waals surface area contributed by atoms with Crippen LogP contribution in [-0.2, 0) is 13.3 Å². The van der Waals surface area contributed by atoms with Gasteiger partial charge in [0.15, 0.2) is 25.0 Å². The molecule has 288 valence electrons. The van der Waals surface area contributed by atoms with E-state index in [9.17, 15) is 0 Å². The first-order valence-electron chi connectivity index (χ1n) is 20.3. The lowest BCUT2D eigenvalue weighted by atomic mass is 9.61. The zero-order valence-electron chi connectivity index (χ0n) is 36.4. The minimum atomic E-state index is -1.98. The molecule has 0 aromatic carbocycles. The molecule has 3 aliphatic rings. The van der Waals surface area contributed by atoms with E-state index >= 15 is 0 Å². The molecule has 7 atom stereocenters. The van der Waals surface area contributed by atoms with Gasteiger partial charge in [-0.05, 0) is 141 Å². The van der Waals surface area contributed by atoms with Gasteiger partial charge in [-0.2, -0.15) is 0 Å². The van der Waals surface area contributed by atoms with Crippen LogP contribution in [0.2, 0.25) is 54.4 Å². The van der Waals surface area contributed by atoms with E-state index in [1.165, 1.54) is 37.7 Å². The van der Waals surface area contributed by atoms with E-state index < -0.39 is 25.0 Å². The second-order valence-corrected chi connectivity index (χ2v) is 35.9. The molecule has 3 rings (SSSR count). The van der Waals surface area contributed by atoms with Crippen molar-refractivity contribution in [2.45, 2.75) is 207 Å². The molecule has 0 spiro atoms. The van der Waals surface area contributed by atoms with Gasteiger partial charge in [-0.3, -0.25) is 0 Å². The summed E-state index contributed by atoms with van der Waals surface area (Å²) >= 11 is 0. The fourth-order valence-electron chi connectivity index (χ4n) is 8.18. The highest BCUT2D eigenvalue weighted by Crippen LogP contribution is 2.59. The molecule has 0 heterocycles. The van der Waals surface area contributed by atoms with E-state index in [4.69, 9.17) is 13.3 Å². The Hall–Kier alpha value is -0.509. The molecule has 0 saturated heterocycles. The van der Waals surface area contributed by atoms with Crippen LogP contribution in [0.3, 0.4) is 0 Å². The van der Waals surface area contributed by atoms with Crippen molar-refractivity contribution in [1.29, 1.82) is 0 Å². The molecule has 3 aliphatic carbocycles. The van der Waals surface area contributed by atoms with Crippen LogP contribution in [0.5, 0.6) is 0 Å². The third-order valence-corrected chi connectivity index (χ3v) is 28.2. The van der Waals surface area contributed by atoms with Crippen molar-refractivity contribution >= 4 is 25.0 Å². The lowest BCUT2D eigenvalue weighted by Crippen LogP contribution is -2.49. The third kappa shape index (κ3) is 10.2. The third-order valence-electron chi connectivity index (χ3n) is 14.6. The van der Waals surface area contributed by atoms with Crippen molar-refractivity contribution < 1.29 is 13.3 Å². The van der Waals surface area contributed by atoms with Crippen LogP contribution in [0, 0.1) is 23.2 Å². The van der Waals surface area contributed by atoms with Crippen molar-refractivity contribution in [3.8, 4) is 0 Å². The molecule has 0 aromatic rings. The summed E-state index contributed by atoms with van der Waals surface area (Å²) in [7, 11) is -5.71. The summed E-state index contributed by atoms with van der Waals surface area (Å²) in [6.07, 6.45) is 19.8. The molecule has 0 amide bonds. The van der Waals surface area contributed by atoms with Gasteiger partial charge in [0.2, 0.25) is 0 Å². The lowest BCUT2D eigenvalue weighted by Gasteiger charge is -2.46. The smallest absolute Gasteiger partial charge is 0.192 e. The van der Waals surface area contributed by atoms with Gasteiger partial charge in [0.25, 0.3) is 0 Å². The first-order chi connectivity index (χ1) is 22.5. The van der Waals surface area contributed by atoms with Gasteiger partial charge in [0.1, 0.15) is 0 Å². The molecule has 6 heteroatoms. The molecule has 0 aliphatic heterocycles. The molecule has 3 fully saturated rings. The van der Waals surface area contributed by atoms with Gasteiger partial charge in [0, 0.05) is 6.10 Å². The highest BCUT2D eigenvalue weighted by Gasteiger charge is 2.50. The number of hydrogen-bond acceptors (Lipinski definition) is 3. The molecular formula is C44H82O3Si3. The average molecular weight is 743 g/mol. The zero-order chi connectivity index (χ0) is 38.3. The Morgan fingerprint density at radius 1 is 0.780 bits per heavy atom. The maximum Gasteiger partial charge on any atom is 0.192 e. The van der Waals surface area contributed by atoms with Crippen molar-refractivity contribution in [2.75, 3.05) is 0 Å². The molecule has 0 bridgehead atoms. The summed E-state index contributed by atoms with van der Waals surface area (Å²) in [5, 5.41) is 0.557. The molecule has 3 nitrogen and oxygen atoms in total. The standard InChI is InChI=1S/C44H82O3Si3/c1-32(22-20-23-33(2)45-48(14,15)41(4,5)6)37-27-28-38-36(24-21-29-44(37,38)13)26-25-35-30-39(46-49(16,17)42(7,8)9)34(3)40(31-35)47-50(18,19)43(10,11)12/h20,22,25-26,32-33,37-40H,3,21,23-24,27-31H2,1-2,4-19H3/b22-20+,36-26-/t32-,33+,37?,38-,39+,40+,44+/m0/s1. The van der Waals surface area contributed by atoms with Gasteiger partial charge < -0.3 is 13.3 Å². The maximum absolute atomic E-state index is 7.12. The quantitative estimate of drug-likeness (QED) is 0.156. The first-order valence-corrected chi connectivity index (χ1v) is 29.0. The van der Waals surface area contributed by atoms with Crippen molar-refractivity contribution in [2.24, 2.45) is 23.2 Å². The summed E-state index contributed by atoms with van der Waals surface area (Å²) in [5.74, 6) is 2.01.